The average molecular weight is 521 g/mol. The van der Waals surface area contributed by atoms with Crippen molar-refractivity contribution >= 4 is 17.7 Å². The molecule has 0 spiro atoms. The van der Waals surface area contributed by atoms with Gasteiger partial charge in [0.2, 0.25) is 17.6 Å². The van der Waals surface area contributed by atoms with Crippen molar-refractivity contribution in [1.29, 1.82) is 0 Å². The predicted octanol–water partition coefficient (Wildman–Crippen LogP) is 5.99. The molecule has 0 bridgehead atoms. The lowest BCUT2D eigenvalue weighted by Gasteiger charge is -2.30. The fraction of sp³-hybridized carbons (Fsp3) is 0.500. The second kappa shape index (κ2) is 12.7. The van der Waals surface area contributed by atoms with Crippen molar-refractivity contribution in [2.45, 2.75) is 64.7 Å². The second-order valence-electron chi connectivity index (χ2n) is 11.1. The van der Waals surface area contributed by atoms with Crippen LogP contribution in [-0.4, -0.2) is 46.3 Å². The van der Waals surface area contributed by atoms with Crippen molar-refractivity contribution in [3.63, 3.8) is 0 Å². The first kappa shape index (κ1) is 27.4. The predicted molar refractivity (Wildman–Crippen MR) is 151 cm³/mol. The number of carbonyl (C=O) groups is 1. The van der Waals surface area contributed by atoms with Gasteiger partial charge >= 0.3 is 0 Å². The first-order chi connectivity index (χ1) is 17.8. The summed E-state index contributed by atoms with van der Waals surface area (Å²) in [6.07, 6.45) is 2.73. The van der Waals surface area contributed by atoms with Crippen LogP contribution >= 0.6 is 11.8 Å². The van der Waals surface area contributed by atoms with Gasteiger partial charge < -0.3 is 9.84 Å². The van der Waals surface area contributed by atoms with Crippen LogP contribution in [-0.2, 0) is 22.5 Å². The van der Waals surface area contributed by atoms with Crippen LogP contribution in [0.5, 0.6) is 0 Å². The Hall–Kier alpha value is -2.64. The summed E-state index contributed by atoms with van der Waals surface area (Å²) in [4.78, 5) is 19.5. The number of piperidine rings is 1. The van der Waals surface area contributed by atoms with Crippen LogP contribution in [0.4, 0.5) is 0 Å². The van der Waals surface area contributed by atoms with E-state index >= 15 is 0 Å². The molecular weight excluding hydrogens is 480 g/mol. The number of aryl methyl sites for hydroxylation is 1. The molecule has 1 aliphatic heterocycles. The molecule has 0 radical (unpaired) electrons. The number of thioether (sulfide) groups is 1. The SMILES string of the molecule is Cc1ccc(CSCCCNC(=O)C2CCN(Cc3nc(-c4ccc(C(C)(C)C)cc4)no3)CC2)cc1. The summed E-state index contributed by atoms with van der Waals surface area (Å²) >= 11 is 1.92. The molecule has 0 atom stereocenters. The summed E-state index contributed by atoms with van der Waals surface area (Å²) in [5.74, 6) is 3.62. The smallest absolute Gasteiger partial charge is 0.241 e. The maximum absolute atomic E-state index is 12.6. The molecule has 0 unspecified atom stereocenters. The van der Waals surface area contributed by atoms with E-state index in [4.69, 9.17) is 4.52 Å². The van der Waals surface area contributed by atoms with Crippen LogP contribution in [0.1, 0.15) is 62.6 Å². The number of carbonyl (C=O) groups excluding carboxylic acids is 1. The summed E-state index contributed by atoms with van der Waals surface area (Å²) < 4.78 is 5.53. The number of rotatable bonds is 10. The minimum atomic E-state index is 0.0936. The van der Waals surface area contributed by atoms with Crippen molar-refractivity contribution in [3.8, 4) is 11.4 Å². The minimum Gasteiger partial charge on any atom is -0.356 e. The van der Waals surface area contributed by atoms with Gasteiger partial charge in [0, 0.05) is 23.8 Å². The molecule has 1 N–H and O–H groups in total. The largest absolute Gasteiger partial charge is 0.356 e. The maximum Gasteiger partial charge on any atom is 0.241 e. The Morgan fingerprint density at radius 1 is 1.08 bits per heavy atom. The average Bonchev–Trinajstić information content (AvgIpc) is 3.35. The van der Waals surface area contributed by atoms with Gasteiger partial charge in [-0.1, -0.05) is 80.0 Å². The molecule has 3 aromatic rings. The van der Waals surface area contributed by atoms with E-state index in [1.807, 2.05) is 11.8 Å². The molecule has 6 nitrogen and oxygen atoms in total. The highest BCUT2D eigenvalue weighted by atomic mass is 32.2. The minimum absolute atomic E-state index is 0.0936. The Labute approximate surface area is 225 Å². The van der Waals surface area contributed by atoms with Gasteiger partial charge in [-0.25, -0.2) is 0 Å². The molecule has 4 rings (SSSR count). The number of hydrogen-bond donors (Lipinski definition) is 1. The van der Waals surface area contributed by atoms with Gasteiger partial charge in [-0.2, -0.15) is 16.7 Å². The molecule has 1 aliphatic rings. The van der Waals surface area contributed by atoms with Crippen LogP contribution in [0.15, 0.2) is 53.1 Å². The van der Waals surface area contributed by atoms with E-state index in [1.165, 1.54) is 16.7 Å². The Kier molecular flexibility index (Phi) is 9.43. The molecule has 198 valence electrons. The zero-order valence-corrected chi connectivity index (χ0v) is 23.4. The molecule has 1 amide bonds. The zero-order chi connectivity index (χ0) is 26.3. The Bertz CT molecular complexity index is 1130. The number of hydrogen-bond acceptors (Lipinski definition) is 6. The zero-order valence-electron chi connectivity index (χ0n) is 22.6. The van der Waals surface area contributed by atoms with E-state index in [9.17, 15) is 4.79 Å². The summed E-state index contributed by atoms with van der Waals surface area (Å²) in [5, 5.41) is 7.33. The lowest BCUT2D eigenvalue weighted by atomic mass is 9.87. The molecule has 37 heavy (non-hydrogen) atoms. The number of nitrogens with one attached hydrogen (secondary N) is 1. The Balaban J connectivity index is 1.13. The normalized spacial score (nSPS) is 15.1. The fourth-order valence-electron chi connectivity index (χ4n) is 4.50. The second-order valence-corrected chi connectivity index (χ2v) is 12.2. The number of likely N-dealkylation sites (tertiary alicyclic amines) is 1. The molecule has 0 aliphatic carbocycles. The van der Waals surface area contributed by atoms with Gasteiger partial charge in [0.05, 0.1) is 6.54 Å². The molecule has 7 heteroatoms. The first-order valence-electron chi connectivity index (χ1n) is 13.3. The van der Waals surface area contributed by atoms with Gasteiger partial charge in [-0.15, -0.1) is 0 Å². The summed E-state index contributed by atoms with van der Waals surface area (Å²) in [7, 11) is 0. The van der Waals surface area contributed by atoms with Crippen molar-refractivity contribution in [2.24, 2.45) is 5.92 Å². The highest BCUT2D eigenvalue weighted by Crippen LogP contribution is 2.25. The Morgan fingerprint density at radius 3 is 2.46 bits per heavy atom. The lowest BCUT2D eigenvalue weighted by Crippen LogP contribution is -2.40. The topological polar surface area (TPSA) is 71.3 Å². The monoisotopic (exact) mass is 520 g/mol. The van der Waals surface area contributed by atoms with Crippen LogP contribution < -0.4 is 5.32 Å². The molecule has 1 fully saturated rings. The molecule has 1 saturated heterocycles. The number of nitrogens with zero attached hydrogens (tertiary/aromatic N) is 3. The number of amides is 1. The van der Waals surface area contributed by atoms with Crippen LogP contribution in [0.25, 0.3) is 11.4 Å². The van der Waals surface area contributed by atoms with Gasteiger partial charge in [0.25, 0.3) is 0 Å². The van der Waals surface area contributed by atoms with Crippen molar-refractivity contribution in [1.82, 2.24) is 20.4 Å². The van der Waals surface area contributed by atoms with E-state index in [0.29, 0.717) is 18.3 Å². The van der Waals surface area contributed by atoms with Gasteiger partial charge in [-0.05, 0) is 61.6 Å². The standard InChI is InChI=1S/C30H40N4O2S/c1-22-6-8-23(9-7-22)21-37-19-5-16-31-29(35)25-14-17-34(18-15-25)20-27-32-28(33-36-27)24-10-12-26(13-11-24)30(2,3)4/h6-13,25H,5,14-21H2,1-4H3,(H,31,35). The molecule has 2 aromatic carbocycles. The molecule has 0 saturated carbocycles. The van der Waals surface area contributed by atoms with E-state index in [1.54, 1.807) is 0 Å². The van der Waals surface area contributed by atoms with E-state index < -0.39 is 0 Å². The Morgan fingerprint density at radius 2 is 1.78 bits per heavy atom. The molecule has 1 aromatic heterocycles. The van der Waals surface area contributed by atoms with Gasteiger partial charge in [0.15, 0.2) is 0 Å². The van der Waals surface area contributed by atoms with E-state index in [0.717, 1.165) is 56.0 Å². The fourth-order valence-corrected chi connectivity index (χ4v) is 5.43. The third-order valence-corrected chi connectivity index (χ3v) is 8.06. The van der Waals surface area contributed by atoms with Crippen LogP contribution in [0, 0.1) is 12.8 Å². The van der Waals surface area contributed by atoms with Crippen molar-refractivity contribution in [3.05, 3.63) is 71.1 Å². The van der Waals surface area contributed by atoms with Crippen LogP contribution in [0.2, 0.25) is 0 Å². The quantitative estimate of drug-likeness (QED) is 0.331. The summed E-state index contributed by atoms with van der Waals surface area (Å²) in [6.45, 7) is 11.8. The van der Waals surface area contributed by atoms with E-state index in [-0.39, 0.29) is 17.2 Å². The van der Waals surface area contributed by atoms with Crippen LogP contribution in [0.3, 0.4) is 0 Å². The van der Waals surface area contributed by atoms with Crippen molar-refractivity contribution < 1.29 is 9.32 Å². The number of benzene rings is 2. The van der Waals surface area contributed by atoms with Gasteiger partial charge in [0.1, 0.15) is 0 Å². The summed E-state index contributed by atoms with van der Waals surface area (Å²) in [6, 6.07) is 17.1. The van der Waals surface area contributed by atoms with Gasteiger partial charge in [-0.3, -0.25) is 9.69 Å². The third-order valence-electron chi connectivity index (χ3n) is 6.95. The highest BCUT2D eigenvalue weighted by Gasteiger charge is 2.26. The third kappa shape index (κ3) is 8.17. The highest BCUT2D eigenvalue weighted by molar-refractivity contribution is 7.98. The molecular formula is C30H40N4O2S. The first-order valence-corrected chi connectivity index (χ1v) is 14.5. The molecule has 2 heterocycles. The maximum atomic E-state index is 12.6. The van der Waals surface area contributed by atoms with E-state index in [2.05, 4.69) is 96.6 Å². The summed E-state index contributed by atoms with van der Waals surface area (Å²) in [5.41, 5.74) is 5.02. The lowest BCUT2D eigenvalue weighted by molar-refractivity contribution is -0.126. The van der Waals surface area contributed by atoms with Crippen molar-refractivity contribution in [2.75, 3.05) is 25.4 Å². The number of aromatic nitrogens is 2.